The summed E-state index contributed by atoms with van der Waals surface area (Å²) in [4.78, 5) is 24.0. The number of carbonyl (C=O) groups is 2. The number of hydrogen-bond donors (Lipinski definition) is 3. The van der Waals surface area contributed by atoms with Crippen LogP contribution >= 0.6 is 23.8 Å². The number of thiocarbonyl (C=S) groups is 1. The van der Waals surface area contributed by atoms with Crippen LogP contribution in [0.25, 0.3) is 17.4 Å². The zero-order valence-electron chi connectivity index (χ0n) is 17.4. The van der Waals surface area contributed by atoms with E-state index in [9.17, 15) is 9.59 Å². The fraction of sp³-hybridized carbons (Fsp3) is 0.125. The minimum absolute atomic E-state index is 0.0722. The third-order valence-electron chi connectivity index (χ3n) is 4.30. The molecule has 0 bridgehead atoms. The van der Waals surface area contributed by atoms with Crippen molar-refractivity contribution in [1.29, 1.82) is 0 Å². The number of anilines is 2. The molecule has 32 heavy (non-hydrogen) atoms. The summed E-state index contributed by atoms with van der Waals surface area (Å²) in [5.74, 6) is 0.735. The Morgan fingerprint density at radius 2 is 1.84 bits per heavy atom. The van der Waals surface area contributed by atoms with E-state index in [-0.39, 0.29) is 11.0 Å². The molecule has 2 amide bonds. The summed E-state index contributed by atoms with van der Waals surface area (Å²) in [5.41, 5.74) is 2.00. The van der Waals surface area contributed by atoms with E-state index in [2.05, 4.69) is 16.0 Å². The van der Waals surface area contributed by atoms with Gasteiger partial charge in [-0.15, -0.1) is 0 Å². The van der Waals surface area contributed by atoms with Crippen LogP contribution in [0.3, 0.4) is 0 Å². The van der Waals surface area contributed by atoms with Crippen LogP contribution in [0, 0.1) is 0 Å². The highest BCUT2D eigenvalue weighted by atomic mass is 35.5. The SMILES string of the molecule is CCCC(=O)Nc1ccc(Cl)c(NC(=S)NC(=O)/C=C/c2ccc(-c3ccccc3)o2)c1. The second-order valence-corrected chi connectivity index (χ2v) is 7.65. The fourth-order valence-corrected chi connectivity index (χ4v) is 3.19. The van der Waals surface area contributed by atoms with Crippen molar-refractivity contribution in [3.8, 4) is 11.3 Å². The fourth-order valence-electron chi connectivity index (χ4n) is 2.81. The zero-order chi connectivity index (χ0) is 22.9. The van der Waals surface area contributed by atoms with E-state index in [1.165, 1.54) is 6.08 Å². The maximum Gasteiger partial charge on any atom is 0.250 e. The van der Waals surface area contributed by atoms with Gasteiger partial charge in [-0.25, -0.2) is 0 Å². The third-order valence-corrected chi connectivity index (χ3v) is 4.83. The summed E-state index contributed by atoms with van der Waals surface area (Å²) in [6.07, 6.45) is 4.06. The molecule has 0 atom stereocenters. The molecule has 3 N–H and O–H groups in total. The Labute approximate surface area is 196 Å². The standard InChI is InChI=1S/C24H22ClN3O3S/c1-2-6-22(29)26-17-9-12-19(25)20(15-17)27-24(32)28-23(30)14-11-18-10-13-21(31-18)16-7-4-3-5-8-16/h3-5,7-15H,2,6H2,1H3,(H,26,29)(H2,27,28,30,32)/b14-11+. The van der Waals surface area contributed by atoms with Crippen molar-refractivity contribution in [2.75, 3.05) is 10.6 Å². The van der Waals surface area contributed by atoms with Gasteiger partial charge in [0, 0.05) is 23.7 Å². The van der Waals surface area contributed by atoms with E-state index in [1.54, 1.807) is 30.3 Å². The highest BCUT2D eigenvalue weighted by Crippen LogP contribution is 2.26. The number of rotatable bonds is 7. The molecule has 1 aromatic heterocycles. The number of benzene rings is 2. The molecule has 6 nitrogen and oxygen atoms in total. The molecule has 0 radical (unpaired) electrons. The predicted octanol–water partition coefficient (Wildman–Crippen LogP) is 5.87. The van der Waals surface area contributed by atoms with E-state index in [1.807, 2.05) is 43.3 Å². The van der Waals surface area contributed by atoms with Gasteiger partial charge in [0.15, 0.2) is 5.11 Å². The average molecular weight is 468 g/mol. The molecule has 0 aliphatic heterocycles. The Bertz CT molecular complexity index is 1140. The van der Waals surface area contributed by atoms with Crippen molar-refractivity contribution < 1.29 is 14.0 Å². The first-order chi connectivity index (χ1) is 15.4. The molecule has 0 aliphatic carbocycles. The molecule has 0 aliphatic rings. The lowest BCUT2D eigenvalue weighted by atomic mass is 10.2. The zero-order valence-corrected chi connectivity index (χ0v) is 18.9. The number of carbonyl (C=O) groups excluding carboxylic acids is 2. The second-order valence-electron chi connectivity index (χ2n) is 6.84. The molecule has 0 spiro atoms. The molecule has 0 saturated heterocycles. The Kier molecular flexibility index (Phi) is 8.19. The van der Waals surface area contributed by atoms with Crippen LogP contribution in [0.5, 0.6) is 0 Å². The van der Waals surface area contributed by atoms with E-state index in [4.69, 9.17) is 28.2 Å². The summed E-state index contributed by atoms with van der Waals surface area (Å²) < 4.78 is 5.73. The van der Waals surface area contributed by atoms with Crippen LogP contribution in [-0.4, -0.2) is 16.9 Å². The molecule has 2 aromatic carbocycles. The van der Waals surface area contributed by atoms with Gasteiger partial charge in [-0.1, -0.05) is 48.9 Å². The van der Waals surface area contributed by atoms with Gasteiger partial charge < -0.3 is 15.1 Å². The molecule has 0 unspecified atom stereocenters. The van der Waals surface area contributed by atoms with Gasteiger partial charge in [0.05, 0.1) is 10.7 Å². The van der Waals surface area contributed by atoms with Crippen molar-refractivity contribution >= 4 is 58.2 Å². The summed E-state index contributed by atoms with van der Waals surface area (Å²) in [6.45, 7) is 1.93. The smallest absolute Gasteiger partial charge is 0.250 e. The normalized spacial score (nSPS) is 10.7. The topological polar surface area (TPSA) is 83.4 Å². The molecule has 1 heterocycles. The molecular weight excluding hydrogens is 446 g/mol. The largest absolute Gasteiger partial charge is 0.457 e. The van der Waals surface area contributed by atoms with Crippen molar-refractivity contribution in [3.63, 3.8) is 0 Å². The van der Waals surface area contributed by atoms with Crippen molar-refractivity contribution in [2.24, 2.45) is 0 Å². The van der Waals surface area contributed by atoms with Crippen LogP contribution in [-0.2, 0) is 9.59 Å². The predicted molar refractivity (Wildman–Crippen MR) is 133 cm³/mol. The first kappa shape index (κ1) is 23.2. The van der Waals surface area contributed by atoms with Gasteiger partial charge in [-0.05, 0) is 55.0 Å². The minimum Gasteiger partial charge on any atom is -0.457 e. The van der Waals surface area contributed by atoms with Crippen molar-refractivity contribution in [2.45, 2.75) is 19.8 Å². The Morgan fingerprint density at radius 1 is 1.06 bits per heavy atom. The summed E-state index contributed by atoms with van der Waals surface area (Å²) in [7, 11) is 0. The van der Waals surface area contributed by atoms with E-state index < -0.39 is 5.91 Å². The molecule has 3 rings (SSSR count). The van der Waals surface area contributed by atoms with Gasteiger partial charge in [0.25, 0.3) is 0 Å². The molecule has 3 aromatic rings. The molecule has 0 fully saturated rings. The Hall–Kier alpha value is -3.42. The van der Waals surface area contributed by atoms with Gasteiger partial charge in [-0.2, -0.15) is 0 Å². The van der Waals surface area contributed by atoms with Crippen molar-refractivity contribution in [3.05, 3.63) is 77.5 Å². The van der Waals surface area contributed by atoms with Gasteiger partial charge in [-0.3, -0.25) is 14.9 Å². The van der Waals surface area contributed by atoms with E-state index in [0.717, 1.165) is 12.0 Å². The average Bonchev–Trinajstić information content (AvgIpc) is 3.24. The number of halogens is 1. The van der Waals surface area contributed by atoms with Crippen LogP contribution in [0.1, 0.15) is 25.5 Å². The summed E-state index contributed by atoms with van der Waals surface area (Å²) in [5, 5.41) is 8.68. The quantitative estimate of drug-likeness (QED) is 0.299. The summed E-state index contributed by atoms with van der Waals surface area (Å²) in [6, 6.07) is 18.3. The Morgan fingerprint density at radius 3 is 2.59 bits per heavy atom. The third kappa shape index (κ3) is 6.80. The van der Waals surface area contributed by atoms with E-state index >= 15 is 0 Å². The van der Waals surface area contributed by atoms with Gasteiger partial charge >= 0.3 is 0 Å². The monoisotopic (exact) mass is 467 g/mol. The maximum absolute atomic E-state index is 12.2. The van der Waals surface area contributed by atoms with Crippen LogP contribution in [0.4, 0.5) is 11.4 Å². The lowest BCUT2D eigenvalue weighted by Gasteiger charge is -2.12. The first-order valence-corrected chi connectivity index (χ1v) is 10.8. The van der Waals surface area contributed by atoms with Crippen LogP contribution in [0.2, 0.25) is 5.02 Å². The van der Waals surface area contributed by atoms with E-state index in [0.29, 0.717) is 34.3 Å². The molecule has 8 heteroatoms. The number of nitrogens with one attached hydrogen (secondary N) is 3. The number of furan rings is 1. The van der Waals surface area contributed by atoms with Gasteiger partial charge in [0.1, 0.15) is 11.5 Å². The number of amides is 2. The Balaban J connectivity index is 1.56. The summed E-state index contributed by atoms with van der Waals surface area (Å²) >= 11 is 11.4. The molecule has 164 valence electrons. The molecular formula is C24H22ClN3O3S. The highest BCUT2D eigenvalue weighted by Gasteiger charge is 2.08. The van der Waals surface area contributed by atoms with Gasteiger partial charge in [0.2, 0.25) is 11.8 Å². The lowest BCUT2D eigenvalue weighted by Crippen LogP contribution is -2.32. The van der Waals surface area contributed by atoms with Crippen molar-refractivity contribution in [1.82, 2.24) is 5.32 Å². The maximum atomic E-state index is 12.2. The first-order valence-electron chi connectivity index (χ1n) is 9.99. The highest BCUT2D eigenvalue weighted by molar-refractivity contribution is 7.80. The van der Waals surface area contributed by atoms with Crippen LogP contribution in [0.15, 0.2) is 71.2 Å². The number of hydrogen-bond acceptors (Lipinski definition) is 4. The lowest BCUT2D eigenvalue weighted by molar-refractivity contribution is -0.116. The molecule has 0 saturated carbocycles. The second kappa shape index (κ2) is 11.3. The minimum atomic E-state index is -0.427. The van der Waals surface area contributed by atoms with Crippen LogP contribution < -0.4 is 16.0 Å².